The van der Waals surface area contributed by atoms with Gasteiger partial charge in [-0.3, -0.25) is 4.98 Å². The summed E-state index contributed by atoms with van der Waals surface area (Å²) in [4.78, 5) is 23.7. The maximum Gasteiger partial charge on any atom is 0.323 e. The van der Waals surface area contributed by atoms with Crippen molar-refractivity contribution < 1.29 is 4.79 Å². The number of anilines is 3. The maximum absolute atomic E-state index is 12.3. The fraction of sp³-hybridized carbons (Fsp3) is 0.190. The molecule has 2 N–H and O–H groups in total. The van der Waals surface area contributed by atoms with Crippen LogP contribution in [0.3, 0.4) is 0 Å². The molecule has 0 aliphatic carbocycles. The summed E-state index contributed by atoms with van der Waals surface area (Å²) in [5.74, 6) is 0.889. The van der Waals surface area contributed by atoms with Gasteiger partial charge in [-0.05, 0) is 43.2 Å². The van der Waals surface area contributed by atoms with Crippen LogP contribution in [0.2, 0.25) is 5.02 Å². The summed E-state index contributed by atoms with van der Waals surface area (Å²) in [6.45, 7) is 1.98. The van der Waals surface area contributed by atoms with E-state index in [1.165, 1.54) is 12.8 Å². The highest BCUT2D eigenvalue weighted by atomic mass is 35.5. The molecular formula is C21H20ClN5O. The van der Waals surface area contributed by atoms with Crippen LogP contribution >= 0.6 is 11.6 Å². The van der Waals surface area contributed by atoms with Crippen molar-refractivity contribution in [3.05, 3.63) is 65.9 Å². The molecule has 3 aromatic rings. The van der Waals surface area contributed by atoms with E-state index in [1.807, 2.05) is 24.3 Å². The van der Waals surface area contributed by atoms with Crippen LogP contribution in [0.1, 0.15) is 12.8 Å². The molecule has 1 aliphatic rings. The molecule has 1 aromatic heterocycles. The number of halogens is 1. The Kier molecular flexibility index (Phi) is 5.39. The second-order valence-electron chi connectivity index (χ2n) is 6.59. The normalized spacial score (nSPS) is 13.4. The van der Waals surface area contributed by atoms with Crippen molar-refractivity contribution in [2.24, 2.45) is 0 Å². The highest BCUT2D eigenvalue weighted by Gasteiger charge is 2.19. The zero-order valence-corrected chi connectivity index (χ0v) is 16.0. The van der Waals surface area contributed by atoms with Gasteiger partial charge in [0.1, 0.15) is 5.69 Å². The molecule has 7 heteroatoms. The second-order valence-corrected chi connectivity index (χ2v) is 7.03. The second kappa shape index (κ2) is 8.27. The monoisotopic (exact) mass is 393 g/mol. The standard InChI is InChI=1S/C21H20ClN5O/c22-16-6-4-8-18(14-16)26-21(28)25-17-7-3-5-15(13-17)19-20(24-10-9-23-19)27-11-1-2-12-27/h3-10,13-14H,1-2,11-12H2,(H2,25,26,28). The van der Waals surface area contributed by atoms with Crippen molar-refractivity contribution in [3.8, 4) is 11.3 Å². The molecule has 0 spiro atoms. The smallest absolute Gasteiger partial charge is 0.323 e. The number of urea groups is 1. The highest BCUT2D eigenvalue weighted by Crippen LogP contribution is 2.30. The fourth-order valence-corrected chi connectivity index (χ4v) is 3.49. The van der Waals surface area contributed by atoms with Crippen LogP contribution in [-0.2, 0) is 0 Å². The lowest BCUT2D eigenvalue weighted by Gasteiger charge is -2.19. The maximum atomic E-state index is 12.3. The van der Waals surface area contributed by atoms with Gasteiger partial charge in [0.25, 0.3) is 0 Å². The average Bonchev–Trinajstić information content (AvgIpc) is 3.23. The molecule has 28 heavy (non-hydrogen) atoms. The van der Waals surface area contributed by atoms with Gasteiger partial charge in [0.2, 0.25) is 0 Å². The molecular weight excluding hydrogens is 374 g/mol. The molecule has 0 unspecified atom stereocenters. The van der Waals surface area contributed by atoms with E-state index in [9.17, 15) is 4.79 Å². The Balaban J connectivity index is 1.53. The van der Waals surface area contributed by atoms with E-state index in [-0.39, 0.29) is 6.03 Å². The predicted octanol–water partition coefficient (Wildman–Crippen LogP) is 5.04. The van der Waals surface area contributed by atoms with Crippen molar-refractivity contribution >= 4 is 34.8 Å². The summed E-state index contributed by atoms with van der Waals surface area (Å²) < 4.78 is 0. The number of benzene rings is 2. The summed E-state index contributed by atoms with van der Waals surface area (Å²) >= 11 is 5.96. The van der Waals surface area contributed by atoms with Gasteiger partial charge in [0, 0.05) is 47.4 Å². The van der Waals surface area contributed by atoms with Gasteiger partial charge in [0.15, 0.2) is 5.82 Å². The van der Waals surface area contributed by atoms with E-state index in [2.05, 4.69) is 25.5 Å². The molecule has 1 aliphatic heterocycles. The lowest BCUT2D eigenvalue weighted by Crippen LogP contribution is -2.20. The van der Waals surface area contributed by atoms with Crippen LogP contribution in [-0.4, -0.2) is 29.1 Å². The van der Waals surface area contributed by atoms with Crippen LogP contribution in [0.5, 0.6) is 0 Å². The molecule has 4 rings (SSSR count). The Morgan fingerprint density at radius 2 is 1.61 bits per heavy atom. The van der Waals surface area contributed by atoms with E-state index >= 15 is 0 Å². The molecule has 0 radical (unpaired) electrons. The van der Waals surface area contributed by atoms with Crippen molar-refractivity contribution in [1.29, 1.82) is 0 Å². The Labute approximate surface area is 168 Å². The lowest BCUT2D eigenvalue weighted by atomic mass is 10.1. The molecule has 6 nitrogen and oxygen atoms in total. The number of carbonyl (C=O) groups is 1. The number of carbonyl (C=O) groups excluding carboxylic acids is 1. The number of hydrogen-bond donors (Lipinski definition) is 2. The number of hydrogen-bond acceptors (Lipinski definition) is 4. The topological polar surface area (TPSA) is 70.1 Å². The average molecular weight is 394 g/mol. The molecule has 1 saturated heterocycles. The van der Waals surface area contributed by atoms with Crippen molar-refractivity contribution in [2.75, 3.05) is 28.6 Å². The first-order chi connectivity index (χ1) is 13.7. The number of nitrogens with one attached hydrogen (secondary N) is 2. The van der Waals surface area contributed by atoms with Crippen molar-refractivity contribution in [3.63, 3.8) is 0 Å². The SMILES string of the molecule is O=C(Nc1cccc(Cl)c1)Nc1cccc(-c2nccnc2N2CCCC2)c1. The Morgan fingerprint density at radius 3 is 2.36 bits per heavy atom. The Morgan fingerprint density at radius 1 is 0.929 bits per heavy atom. The first kappa shape index (κ1) is 18.3. The molecule has 2 aromatic carbocycles. The zero-order valence-electron chi connectivity index (χ0n) is 15.2. The summed E-state index contributed by atoms with van der Waals surface area (Å²) in [5.41, 5.74) is 3.04. The highest BCUT2D eigenvalue weighted by molar-refractivity contribution is 6.30. The summed E-state index contributed by atoms with van der Waals surface area (Å²) in [6.07, 6.45) is 5.75. The van der Waals surface area contributed by atoms with E-state index in [1.54, 1.807) is 36.7 Å². The van der Waals surface area contributed by atoms with Gasteiger partial charge in [-0.2, -0.15) is 0 Å². The van der Waals surface area contributed by atoms with Gasteiger partial charge >= 0.3 is 6.03 Å². The first-order valence-electron chi connectivity index (χ1n) is 9.19. The minimum absolute atomic E-state index is 0.335. The summed E-state index contributed by atoms with van der Waals surface area (Å²) in [6, 6.07) is 14.3. The van der Waals surface area contributed by atoms with Crippen LogP contribution in [0, 0.1) is 0 Å². The number of nitrogens with zero attached hydrogens (tertiary/aromatic N) is 3. The Hall–Kier alpha value is -3.12. The van der Waals surface area contributed by atoms with E-state index in [0.29, 0.717) is 16.4 Å². The number of aromatic nitrogens is 2. The van der Waals surface area contributed by atoms with E-state index in [0.717, 1.165) is 30.2 Å². The lowest BCUT2D eigenvalue weighted by molar-refractivity contribution is 0.262. The quantitative estimate of drug-likeness (QED) is 0.651. The van der Waals surface area contributed by atoms with E-state index in [4.69, 9.17) is 11.6 Å². The number of rotatable bonds is 4. The number of amides is 2. The van der Waals surface area contributed by atoms with Crippen LogP contribution in [0.15, 0.2) is 60.9 Å². The summed E-state index contributed by atoms with van der Waals surface area (Å²) in [7, 11) is 0. The van der Waals surface area contributed by atoms with Crippen molar-refractivity contribution in [2.45, 2.75) is 12.8 Å². The fourth-order valence-electron chi connectivity index (χ4n) is 3.30. The molecule has 142 valence electrons. The van der Waals surface area contributed by atoms with Crippen LogP contribution < -0.4 is 15.5 Å². The molecule has 0 atom stereocenters. The predicted molar refractivity (Wildman–Crippen MR) is 113 cm³/mol. The molecule has 0 saturated carbocycles. The summed E-state index contributed by atoms with van der Waals surface area (Å²) in [5, 5.41) is 6.20. The molecule has 0 bridgehead atoms. The van der Waals surface area contributed by atoms with Gasteiger partial charge < -0.3 is 15.5 Å². The van der Waals surface area contributed by atoms with Crippen molar-refractivity contribution in [1.82, 2.24) is 9.97 Å². The van der Waals surface area contributed by atoms with Gasteiger partial charge in [0.05, 0.1) is 0 Å². The third kappa shape index (κ3) is 4.23. The third-order valence-electron chi connectivity index (χ3n) is 4.56. The first-order valence-corrected chi connectivity index (χ1v) is 9.57. The largest absolute Gasteiger partial charge is 0.355 e. The molecule has 1 fully saturated rings. The molecule has 2 heterocycles. The van der Waals surface area contributed by atoms with Gasteiger partial charge in [-0.1, -0.05) is 29.8 Å². The molecule has 2 amide bonds. The van der Waals surface area contributed by atoms with Gasteiger partial charge in [-0.15, -0.1) is 0 Å². The van der Waals surface area contributed by atoms with Crippen LogP contribution in [0.4, 0.5) is 22.0 Å². The van der Waals surface area contributed by atoms with Crippen LogP contribution in [0.25, 0.3) is 11.3 Å². The minimum atomic E-state index is -0.335. The Bertz CT molecular complexity index is 988. The van der Waals surface area contributed by atoms with Gasteiger partial charge in [-0.25, -0.2) is 9.78 Å². The minimum Gasteiger partial charge on any atom is -0.355 e. The van der Waals surface area contributed by atoms with E-state index < -0.39 is 0 Å². The zero-order chi connectivity index (χ0) is 19.3. The third-order valence-corrected chi connectivity index (χ3v) is 4.80.